The number of esters is 1. The summed E-state index contributed by atoms with van der Waals surface area (Å²) in [6.45, 7) is 5.94. The molecule has 0 bridgehead atoms. The lowest BCUT2D eigenvalue weighted by Gasteiger charge is -2.26. The normalized spacial score (nSPS) is 15.9. The van der Waals surface area contributed by atoms with Crippen molar-refractivity contribution in [2.45, 2.75) is 33.6 Å². The zero-order valence-corrected chi connectivity index (χ0v) is 16.3. The zero-order chi connectivity index (χ0) is 19.3. The Bertz CT molecular complexity index is 843. The van der Waals surface area contributed by atoms with Gasteiger partial charge in [-0.05, 0) is 49.6 Å². The molecule has 0 amide bonds. The van der Waals surface area contributed by atoms with Gasteiger partial charge in [-0.3, -0.25) is 0 Å². The fourth-order valence-electron chi connectivity index (χ4n) is 2.57. The number of carbonyl (C=O) groups is 1. The quantitative estimate of drug-likeness (QED) is 0.679. The van der Waals surface area contributed by atoms with Crippen molar-refractivity contribution in [1.82, 2.24) is 4.31 Å². The van der Waals surface area contributed by atoms with Gasteiger partial charge in [0, 0.05) is 12.1 Å². The van der Waals surface area contributed by atoms with Gasteiger partial charge in [0.1, 0.15) is 11.4 Å². The van der Waals surface area contributed by atoms with Crippen LogP contribution in [0.5, 0.6) is 5.75 Å². The SMILES string of the molecule is CCCOC(=O)C1=CC(c2ccc(OC)c(C)c2)=NS(=O)(=O)N1CCC. The molecule has 0 N–H and O–H groups in total. The van der Waals surface area contributed by atoms with Crippen molar-refractivity contribution in [3.8, 4) is 5.75 Å². The van der Waals surface area contributed by atoms with Crippen LogP contribution in [0.25, 0.3) is 0 Å². The van der Waals surface area contributed by atoms with Crippen molar-refractivity contribution < 1.29 is 22.7 Å². The van der Waals surface area contributed by atoms with Crippen LogP contribution in [0, 0.1) is 6.92 Å². The number of ether oxygens (including phenoxy) is 2. The predicted octanol–water partition coefficient (Wildman–Crippen LogP) is 2.60. The lowest BCUT2D eigenvalue weighted by atomic mass is 10.1. The molecule has 1 aliphatic rings. The number of hydrogen-bond donors (Lipinski definition) is 0. The maximum absolute atomic E-state index is 12.6. The van der Waals surface area contributed by atoms with Crippen molar-refractivity contribution in [3.05, 3.63) is 41.1 Å². The molecule has 0 fully saturated rings. The summed E-state index contributed by atoms with van der Waals surface area (Å²) in [4.78, 5) is 12.4. The largest absolute Gasteiger partial charge is 0.496 e. The van der Waals surface area contributed by atoms with Gasteiger partial charge >= 0.3 is 16.2 Å². The molecule has 0 atom stereocenters. The molecule has 0 aromatic heterocycles. The molecule has 0 aliphatic carbocycles. The number of benzene rings is 1. The highest BCUT2D eigenvalue weighted by molar-refractivity contribution is 7.88. The third-order valence-corrected chi connectivity index (χ3v) is 5.16. The molecule has 0 unspecified atom stereocenters. The number of carbonyl (C=O) groups excluding carboxylic acids is 1. The third-order valence-electron chi connectivity index (χ3n) is 3.80. The topological polar surface area (TPSA) is 85.3 Å². The van der Waals surface area contributed by atoms with E-state index in [1.807, 2.05) is 20.8 Å². The Hall–Kier alpha value is -2.35. The Balaban J connectivity index is 2.50. The van der Waals surface area contributed by atoms with Crippen LogP contribution < -0.4 is 4.74 Å². The second-order valence-corrected chi connectivity index (χ2v) is 7.40. The van der Waals surface area contributed by atoms with Crippen LogP contribution in [0.1, 0.15) is 37.8 Å². The van der Waals surface area contributed by atoms with Crippen LogP contribution in [0.2, 0.25) is 0 Å². The number of hydrogen-bond acceptors (Lipinski definition) is 5. The minimum absolute atomic E-state index is 0.0150. The van der Waals surface area contributed by atoms with E-state index in [0.717, 1.165) is 9.87 Å². The molecule has 0 radical (unpaired) electrons. The van der Waals surface area contributed by atoms with E-state index in [1.165, 1.54) is 6.08 Å². The average Bonchev–Trinajstić information content (AvgIpc) is 2.60. The van der Waals surface area contributed by atoms with Crippen LogP contribution in [0.4, 0.5) is 0 Å². The van der Waals surface area contributed by atoms with E-state index in [9.17, 15) is 13.2 Å². The van der Waals surface area contributed by atoms with Gasteiger partial charge < -0.3 is 9.47 Å². The summed E-state index contributed by atoms with van der Waals surface area (Å²) in [5, 5.41) is 0. The molecule has 26 heavy (non-hydrogen) atoms. The fourth-order valence-corrected chi connectivity index (χ4v) is 3.86. The second-order valence-electron chi connectivity index (χ2n) is 5.88. The first-order chi connectivity index (χ1) is 12.3. The Morgan fingerprint density at radius 2 is 1.96 bits per heavy atom. The standard InChI is InChI=1S/C18H24N2O5S/c1-5-9-20-16(18(21)25-10-6-2)12-15(19-26(20,22)23)14-7-8-17(24-4)13(3)11-14/h7-8,11-12H,5-6,9-10H2,1-4H3. The second kappa shape index (κ2) is 8.35. The molecule has 8 heteroatoms. The van der Waals surface area contributed by atoms with Crippen LogP contribution in [-0.2, 0) is 19.7 Å². The van der Waals surface area contributed by atoms with Crippen LogP contribution in [-0.4, -0.2) is 44.7 Å². The summed E-state index contributed by atoms with van der Waals surface area (Å²) >= 11 is 0. The summed E-state index contributed by atoms with van der Waals surface area (Å²) in [5.74, 6) is 0.0219. The first kappa shape index (κ1) is 20.0. The Morgan fingerprint density at radius 1 is 1.23 bits per heavy atom. The number of allylic oxidation sites excluding steroid dienone is 1. The summed E-state index contributed by atoms with van der Waals surface area (Å²) in [6, 6.07) is 5.22. The van der Waals surface area contributed by atoms with E-state index in [4.69, 9.17) is 9.47 Å². The smallest absolute Gasteiger partial charge is 0.355 e. The molecule has 142 valence electrons. The summed E-state index contributed by atoms with van der Waals surface area (Å²) in [5.41, 5.74) is 1.61. The van der Waals surface area contributed by atoms with E-state index in [1.54, 1.807) is 25.3 Å². The van der Waals surface area contributed by atoms with Gasteiger partial charge in [0.15, 0.2) is 0 Å². The number of nitrogens with zero attached hydrogens (tertiary/aromatic N) is 2. The highest BCUT2D eigenvalue weighted by atomic mass is 32.2. The molecule has 0 saturated heterocycles. The van der Waals surface area contributed by atoms with Crippen molar-refractivity contribution in [2.24, 2.45) is 4.40 Å². The summed E-state index contributed by atoms with van der Waals surface area (Å²) < 4.78 is 40.5. The molecule has 1 aromatic rings. The van der Waals surface area contributed by atoms with Gasteiger partial charge in [-0.2, -0.15) is 8.42 Å². The maximum Gasteiger partial charge on any atom is 0.355 e. The maximum atomic E-state index is 12.6. The molecular formula is C18H24N2O5S. The fraction of sp³-hybridized carbons (Fsp3) is 0.444. The molecule has 1 heterocycles. The lowest BCUT2D eigenvalue weighted by Crippen LogP contribution is -2.37. The van der Waals surface area contributed by atoms with Crippen molar-refractivity contribution in [3.63, 3.8) is 0 Å². The van der Waals surface area contributed by atoms with Crippen LogP contribution >= 0.6 is 0 Å². The van der Waals surface area contributed by atoms with Crippen LogP contribution in [0.15, 0.2) is 34.4 Å². The van der Waals surface area contributed by atoms with Gasteiger partial charge in [-0.25, -0.2) is 9.10 Å². The molecule has 0 saturated carbocycles. The number of rotatable bonds is 7. The first-order valence-electron chi connectivity index (χ1n) is 8.50. The van der Waals surface area contributed by atoms with E-state index < -0.39 is 16.2 Å². The summed E-state index contributed by atoms with van der Waals surface area (Å²) in [6.07, 6.45) is 2.66. The van der Waals surface area contributed by atoms with Gasteiger partial charge in [0.25, 0.3) is 0 Å². The average molecular weight is 380 g/mol. The van der Waals surface area contributed by atoms with Crippen molar-refractivity contribution in [2.75, 3.05) is 20.3 Å². The van der Waals surface area contributed by atoms with E-state index in [0.29, 0.717) is 24.2 Å². The highest BCUT2D eigenvalue weighted by Gasteiger charge is 2.33. The van der Waals surface area contributed by atoms with Gasteiger partial charge in [0.2, 0.25) is 0 Å². The number of aryl methyl sites for hydroxylation is 1. The minimum atomic E-state index is -4.01. The molecule has 1 aromatic carbocycles. The molecule has 1 aliphatic heterocycles. The Kier molecular flexibility index (Phi) is 6.42. The van der Waals surface area contributed by atoms with Gasteiger partial charge in [-0.1, -0.05) is 13.8 Å². The molecule has 0 spiro atoms. The summed E-state index contributed by atoms with van der Waals surface area (Å²) in [7, 11) is -2.45. The van der Waals surface area contributed by atoms with E-state index >= 15 is 0 Å². The van der Waals surface area contributed by atoms with E-state index in [2.05, 4.69) is 4.40 Å². The van der Waals surface area contributed by atoms with E-state index in [-0.39, 0.29) is 24.6 Å². The molecular weight excluding hydrogens is 356 g/mol. The highest BCUT2D eigenvalue weighted by Crippen LogP contribution is 2.25. The Morgan fingerprint density at radius 3 is 2.54 bits per heavy atom. The molecule has 2 rings (SSSR count). The van der Waals surface area contributed by atoms with Gasteiger partial charge in [-0.15, -0.1) is 4.40 Å². The van der Waals surface area contributed by atoms with Crippen LogP contribution in [0.3, 0.4) is 0 Å². The third kappa shape index (κ3) is 4.24. The number of methoxy groups -OCH3 is 1. The lowest BCUT2D eigenvalue weighted by molar-refractivity contribution is -0.140. The van der Waals surface area contributed by atoms with Crippen molar-refractivity contribution >= 4 is 21.9 Å². The first-order valence-corrected chi connectivity index (χ1v) is 9.90. The zero-order valence-electron chi connectivity index (χ0n) is 15.5. The van der Waals surface area contributed by atoms with Crippen molar-refractivity contribution in [1.29, 1.82) is 0 Å². The Labute approximate surface area is 154 Å². The molecule has 7 nitrogen and oxygen atoms in total. The predicted molar refractivity (Wildman–Crippen MR) is 99.5 cm³/mol. The van der Waals surface area contributed by atoms with Gasteiger partial charge in [0.05, 0.1) is 19.4 Å². The monoisotopic (exact) mass is 380 g/mol. The minimum Gasteiger partial charge on any atom is -0.496 e.